The molecule has 0 amide bonds. The molecule has 2 N–H and O–H groups in total. The van der Waals surface area contributed by atoms with Gasteiger partial charge in [0.25, 0.3) is 0 Å². The number of carbonyl (C=O) groups is 1. The molecule has 0 bridgehead atoms. The van der Waals surface area contributed by atoms with E-state index in [2.05, 4.69) is 9.97 Å². The molecule has 4 rings (SSSR count). The maximum atomic E-state index is 12.0. The quantitative estimate of drug-likeness (QED) is 0.457. The van der Waals surface area contributed by atoms with Gasteiger partial charge in [-0.15, -0.1) is 11.3 Å². The van der Waals surface area contributed by atoms with Gasteiger partial charge in [0.15, 0.2) is 5.69 Å². The van der Waals surface area contributed by atoms with Gasteiger partial charge in [-0.2, -0.15) is 0 Å². The van der Waals surface area contributed by atoms with Crippen molar-refractivity contribution in [2.24, 2.45) is 0 Å². The van der Waals surface area contributed by atoms with E-state index >= 15 is 0 Å². The highest BCUT2D eigenvalue weighted by atomic mass is 32.1. The number of fused-ring (bicyclic) bond motifs is 1. The topological polar surface area (TPSA) is 84.4 Å². The van der Waals surface area contributed by atoms with Crippen molar-refractivity contribution in [3.8, 4) is 17.0 Å². The predicted octanol–water partition coefficient (Wildman–Crippen LogP) is 4.56. The third-order valence-corrected chi connectivity index (χ3v) is 5.52. The van der Waals surface area contributed by atoms with Crippen molar-refractivity contribution in [1.82, 2.24) is 9.97 Å². The molecule has 0 radical (unpaired) electrons. The molecule has 4 aromatic rings. The maximum absolute atomic E-state index is 12.0. The second kappa shape index (κ2) is 8.06. The zero-order chi connectivity index (χ0) is 20.4. The van der Waals surface area contributed by atoms with E-state index in [1.807, 2.05) is 48.5 Å². The second-order valence-corrected chi connectivity index (χ2v) is 7.27. The Morgan fingerprint density at radius 3 is 2.76 bits per heavy atom. The second-order valence-electron chi connectivity index (χ2n) is 6.39. The van der Waals surface area contributed by atoms with Crippen molar-refractivity contribution in [2.75, 3.05) is 13.7 Å². The molecule has 0 aliphatic carbocycles. The number of rotatable bonds is 6. The standard InChI is InChI=1S/C22H20N2O4S/c1-3-28-22(26)17-12-29-21(24-17)20(25)18-15-10-9-14(27-2)11-16(15)23-19(18)13-7-5-4-6-8-13/h4-12,20,23,25H,3H2,1-2H3. The number of hydrogen-bond donors (Lipinski definition) is 2. The first-order chi connectivity index (χ1) is 14.1. The smallest absolute Gasteiger partial charge is 0.357 e. The van der Waals surface area contributed by atoms with Gasteiger partial charge in [-0.3, -0.25) is 0 Å². The molecule has 0 aliphatic heterocycles. The molecule has 148 valence electrons. The summed E-state index contributed by atoms with van der Waals surface area (Å²) in [6.07, 6.45) is -1.000. The Hall–Kier alpha value is -3.16. The molecule has 1 atom stereocenters. The van der Waals surface area contributed by atoms with Gasteiger partial charge in [-0.05, 0) is 24.6 Å². The number of aliphatic hydroxyl groups excluding tert-OH is 1. The van der Waals surface area contributed by atoms with Gasteiger partial charge >= 0.3 is 5.97 Å². The van der Waals surface area contributed by atoms with Crippen LogP contribution in [0.1, 0.15) is 34.1 Å². The summed E-state index contributed by atoms with van der Waals surface area (Å²) in [5.41, 5.74) is 3.50. The lowest BCUT2D eigenvalue weighted by Gasteiger charge is -2.11. The van der Waals surface area contributed by atoms with Gasteiger partial charge in [0.05, 0.1) is 19.4 Å². The minimum Gasteiger partial charge on any atom is -0.497 e. The fourth-order valence-corrected chi connectivity index (χ4v) is 4.06. The maximum Gasteiger partial charge on any atom is 0.357 e. The molecule has 0 fully saturated rings. The van der Waals surface area contributed by atoms with Crippen LogP contribution in [0.15, 0.2) is 53.9 Å². The first-order valence-corrected chi connectivity index (χ1v) is 10.1. The van der Waals surface area contributed by atoms with Crippen LogP contribution in [0.5, 0.6) is 5.75 Å². The van der Waals surface area contributed by atoms with Crippen molar-refractivity contribution in [2.45, 2.75) is 13.0 Å². The summed E-state index contributed by atoms with van der Waals surface area (Å²) in [7, 11) is 1.62. The van der Waals surface area contributed by atoms with E-state index in [9.17, 15) is 9.90 Å². The molecule has 0 spiro atoms. The summed E-state index contributed by atoms with van der Waals surface area (Å²) in [6.45, 7) is 2.02. The van der Waals surface area contributed by atoms with Gasteiger partial charge in [-0.25, -0.2) is 9.78 Å². The third-order valence-electron chi connectivity index (χ3n) is 4.62. The number of esters is 1. The largest absolute Gasteiger partial charge is 0.497 e. The molecule has 0 saturated carbocycles. The third kappa shape index (κ3) is 3.62. The molecule has 29 heavy (non-hydrogen) atoms. The Morgan fingerprint density at radius 1 is 1.24 bits per heavy atom. The first-order valence-electron chi connectivity index (χ1n) is 9.18. The fraction of sp³-hybridized carbons (Fsp3) is 0.182. The fourth-order valence-electron chi connectivity index (χ4n) is 3.28. The van der Waals surface area contributed by atoms with Crippen LogP contribution in [0.3, 0.4) is 0 Å². The zero-order valence-electron chi connectivity index (χ0n) is 16.0. The van der Waals surface area contributed by atoms with Gasteiger partial charge in [0.1, 0.15) is 16.9 Å². The van der Waals surface area contributed by atoms with Crippen LogP contribution in [0.4, 0.5) is 0 Å². The van der Waals surface area contributed by atoms with Crippen LogP contribution in [0, 0.1) is 0 Å². The van der Waals surface area contributed by atoms with Gasteiger partial charge in [0.2, 0.25) is 0 Å². The number of aromatic nitrogens is 2. The Balaban J connectivity index is 1.84. The number of aromatic amines is 1. The highest BCUT2D eigenvalue weighted by Crippen LogP contribution is 2.39. The van der Waals surface area contributed by atoms with Crippen LogP contribution < -0.4 is 4.74 Å². The summed E-state index contributed by atoms with van der Waals surface area (Å²) >= 11 is 1.23. The normalized spacial score (nSPS) is 12.1. The van der Waals surface area contributed by atoms with Crippen LogP contribution >= 0.6 is 11.3 Å². The predicted molar refractivity (Wildman–Crippen MR) is 112 cm³/mol. The van der Waals surface area contributed by atoms with E-state index in [0.29, 0.717) is 10.6 Å². The minimum absolute atomic E-state index is 0.202. The van der Waals surface area contributed by atoms with Crippen LogP contribution in [-0.2, 0) is 4.74 Å². The zero-order valence-corrected chi connectivity index (χ0v) is 16.8. The number of ether oxygens (including phenoxy) is 2. The molecule has 2 aromatic carbocycles. The van der Waals surface area contributed by atoms with Crippen molar-refractivity contribution >= 4 is 28.2 Å². The number of hydrogen-bond acceptors (Lipinski definition) is 6. The Morgan fingerprint density at radius 2 is 2.03 bits per heavy atom. The number of H-pyrrole nitrogens is 1. The number of thiazole rings is 1. The van der Waals surface area contributed by atoms with Crippen molar-refractivity contribution in [3.63, 3.8) is 0 Å². The minimum atomic E-state index is -1.000. The molecule has 2 aromatic heterocycles. The number of benzene rings is 2. The van der Waals surface area contributed by atoms with E-state index in [0.717, 1.165) is 27.9 Å². The van der Waals surface area contributed by atoms with Gasteiger partial charge in [-0.1, -0.05) is 30.3 Å². The van der Waals surface area contributed by atoms with E-state index in [-0.39, 0.29) is 12.3 Å². The van der Waals surface area contributed by atoms with Gasteiger partial charge < -0.3 is 19.6 Å². The van der Waals surface area contributed by atoms with Gasteiger partial charge in [0, 0.05) is 27.9 Å². The van der Waals surface area contributed by atoms with Crippen molar-refractivity contribution < 1.29 is 19.4 Å². The Kier molecular flexibility index (Phi) is 5.33. The molecular weight excluding hydrogens is 388 g/mol. The lowest BCUT2D eigenvalue weighted by atomic mass is 10.0. The first kappa shape index (κ1) is 19.2. The molecule has 7 heteroatoms. The van der Waals surface area contributed by atoms with E-state index in [1.165, 1.54) is 11.3 Å². The monoisotopic (exact) mass is 408 g/mol. The molecule has 2 heterocycles. The van der Waals surface area contributed by atoms with Crippen molar-refractivity contribution in [1.29, 1.82) is 0 Å². The molecular formula is C22H20N2O4S. The van der Waals surface area contributed by atoms with E-state index in [4.69, 9.17) is 9.47 Å². The molecule has 1 unspecified atom stereocenters. The molecule has 0 aliphatic rings. The summed E-state index contributed by atoms with van der Waals surface area (Å²) in [4.78, 5) is 19.7. The number of methoxy groups -OCH3 is 1. The van der Waals surface area contributed by atoms with Crippen LogP contribution in [-0.4, -0.2) is 34.8 Å². The number of nitrogens with zero attached hydrogens (tertiary/aromatic N) is 1. The number of nitrogens with one attached hydrogen (secondary N) is 1. The Labute approximate surface area is 171 Å². The average molecular weight is 408 g/mol. The van der Waals surface area contributed by atoms with Crippen molar-refractivity contribution in [3.05, 3.63) is 70.2 Å². The molecule has 0 saturated heterocycles. The molecule has 6 nitrogen and oxygen atoms in total. The summed E-state index contributed by atoms with van der Waals surface area (Å²) in [6, 6.07) is 15.4. The lowest BCUT2D eigenvalue weighted by Crippen LogP contribution is -2.06. The summed E-state index contributed by atoms with van der Waals surface area (Å²) in [5.74, 6) is 0.229. The lowest BCUT2D eigenvalue weighted by molar-refractivity contribution is 0.0520. The van der Waals surface area contributed by atoms with Crippen LogP contribution in [0.25, 0.3) is 22.2 Å². The average Bonchev–Trinajstić information content (AvgIpc) is 3.39. The van der Waals surface area contributed by atoms with E-state index in [1.54, 1.807) is 19.4 Å². The van der Waals surface area contributed by atoms with Crippen LogP contribution in [0.2, 0.25) is 0 Å². The SMILES string of the molecule is CCOC(=O)c1csc(C(O)c2c(-c3ccccc3)[nH]c3cc(OC)ccc23)n1. The Bertz CT molecular complexity index is 1150. The number of aliphatic hydroxyl groups is 1. The summed E-state index contributed by atoms with van der Waals surface area (Å²) in [5, 5.41) is 14.1. The highest BCUT2D eigenvalue weighted by Gasteiger charge is 2.25. The number of carbonyl (C=O) groups excluding carboxylic acids is 1. The highest BCUT2D eigenvalue weighted by molar-refractivity contribution is 7.09. The van der Waals surface area contributed by atoms with E-state index < -0.39 is 12.1 Å². The summed E-state index contributed by atoms with van der Waals surface area (Å²) < 4.78 is 10.3.